The lowest BCUT2D eigenvalue weighted by molar-refractivity contribution is 0.0725. The molecule has 1 aromatic rings. The van der Waals surface area contributed by atoms with Crippen molar-refractivity contribution in [3.63, 3.8) is 0 Å². The Balaban J connectivity index is 1.62. The van der Waals surface area contributed by atoms with Gasteiger partial charge in [-0.05, 0) is 25.2 Å². The van der Waals surface area contributed by atoms with Gasteiger partial charge in [0.1, 0.15) is 5.82 Å². The van der Waals surface area contributed by atoms with Crippen LogP contribution >= 0.6 is 0 Å². The number of nitrogens with zero attached hydrogens (tertiary/aromatic N) is 2. The summed E-state index contributed by atoms with van der Waals surface area (Å²) < 4.78 is 5.69. The molecule has 2 fully saturated rings. The predicted octanol–water partition coefficient (Wildman–Crippen LogP) is 0.664. The molecule has 1 amide bonds. The maximum Gasteiger partial charge on any atom is 0.291 e. The Bertz CT molecular complexity index is 441. The minimum Gasteiger partial charge on any atom is -0.376 e. The number of ether oxygens (including phenoxy) is 1. The zero-order valence-corrected chi connectivity index (χ0v) is 10.5. The summed E-state index contributed by atoms with van der Waals surface area (Å²) in [5.41, 5.74) is 0. The zero-order chi connectivity index (χ0) is 12.5. The monoisotopic (exact) mass is 250 g/mol. The second-order valence-corrected chi connectivity index (χ2v) is 5.00. The highest BCUT2D eigenvalue weighted by molar-refractivity contribution is 5.90. The van der Waals surface area contributed by atoms with Crippen LogP contribution in [0.5, 0.6) is 0 Å². The first-order valence-corrected chi connectivity index (χ1v) is 6.61. The van der Waals surface area contributed by atoms with Crippen LogP contribution in [-0.4, -0.2) is 39.8 Å². The number of aromatic nitrogens is 3. The standard InChI is InChI=1S/C12H18N4O2/c1-2-9-14-11(16-15-9)12(17)13-8-5-6-18-10(8)7-3-4-7/h7-8,10H,2-6H2,1H3,(H,13,17)(H,14,15,16). The first-order valence-electron chi connectivity index (χ1n) is 6.61. The number of carbonyl (C=O) groups is 1. The van der Waals surface area contributed by atoms with Gasteiger partial charge in [0, 0.05) is 13.0 Å². The molecule has 0 bridgehead atoms. The van der Waals surface area contributed by atoms with Gasteiger partial charge in [-0.25, -0.2) is 4.98 Å². The molecular formula is C12H18N4O2. The Hall–Kier alpha value is -1.43. The SMILES string of the molecule is CCc1nc(C(=O)NC2CCOC2C2CC2)n[nH]1. The van der Waals surface area contributed by atoms with Gasteiger partial charge in [-0.3, -0.25) is 9.89 Å². The van der Waals surface area contributed by atoms with E-state index in [1.54, 1.807) is 0 Å². The quantitative estimate of drug-likeness (QED) is 0.823. The fourth-order valence-electron chi connectivity index (χ4n) is 2.44. The molecule has 2 unspecified atom stereocenters. The highest BCUT2D eigenvalue weighted by Crippen LogP contribution is 2.38. The molecule has 98 valence electrons. The molecule has 2 atom stereocenters. The van der Waals surface area contributed by atoms with Crippen LogP contribution in [0.2, 0.25) is 0 Å². The molecule has 18 heavy (non-hydrogen) atoms. The number of nitrogens with one attached hydrogen (secondary N) is 2. The van der Waals surface area contributed by atoms with Gasteiger partial charge in [-0.15, -0.1) is 5.10 Å². The van der Waals surface area contributed by atoms with E-state index in [-0.39, 0.29) is 23.9 Å². The van der Waals surface area contributed by atoms with Gasteiger partial charge in [0.2, 0.25) is 5.82 Å². The van der Waals surface area contributed by atoms with E-state index in [1.807, 2.05) is 6.92 Å². The van der Waals surface area contributed by atoms with E-state index in [1.165, 1.54) is 12.8 Å². The van der Waals surface area contributed by atoms with Gasteiger partial charge >= 0.3 is 0 Å². The number of hydrogen-bond acceptors (Lipinski definition) is 4. The summed E-state index contributed by atoms with van der Waals surface area (Å²) >= 11 is 0. The lowest BCUT2D eigenvalue weighted by Gasteiger charge is -2.18. The second-order valence-electron chi connectivity index (χ2n) is 5.00. The third kappa shape index (κ3) is 2.25. The third-order valence-electron chi connectivity index (χ3n) is 3.61. The molecule has 6 heteroatoms. The van der Waals surface area contributed by atoms with Crippen molar-refractivity contribution in [3.05, 3.63) is 11.6 Å². The molecule has 1 saturated carbocycles. The topological polar surface area (TPSA) is 79.9 Å². The van der Waals surface area contributed by atoms with Gasteiger partial charge in [0.05, 0.1) is 12.1 Å². The minimum absolute atomic E-state index is 0.119. The summed E-state index contributed by atoms with van der Waals surface area (Å²) in [6.07, 6.45) is 4.27. The average Bonchev–Trinajstić information content (AvgIpc) is 2.93. The summed E-state index contributed by atoms with van der Waals surface area (Å²) in [7, 11) is 0. The van der Waals surface area contributed by atoms with E-state index in [0.29, 0.717) is 5.92 Å². The maximum atomic E-state index is 12.0. The number of H-pyrrole nitrogens is 1. The number of hydrogen-bond donors (Lipinski definition) is 2. The van der Waals surface area contributed by atoms with Crippen LogP contribution in [-0.2, 0) is 11.2 Å². The summed E-state index contributed by atoms with van der Waals surface area (Å²) in [6, 6.07) is 0.119. The van der Waals surface area contributed by atoms with Gasteiger partial charge in [0.25, 0.3) is 5.91 Å². The van der Waals surface area contributed by atoms with Crippen LogP contribution < -0.4 is 5.32 Å². The average molecular weight is 250 g/mol. The van der Waals surface area contributed by atoms with E-state index in [9.17, 15) is 4.79 Å². The zero-order valence-electron chi connectivity index (χ0n) is 10.5. The Morgan fingerprint density at radius 1 is 1.50 bits per heavy atom. The predicted molar refractivity (Wildman–Crippen MR) is 64.1 cm³/mol. The van der Waals surface area contributed by atoms with Crippen LogP contribution in [0.1, 0.15) is 42.6 Å². The van der Waals surface area contributed by atoms with Crippen LogP contribution in [0.25, 0.3) is 0 Å². The second kappa shape index (κ2) is 4.68. The van der Waals surface area contributed by atoms with Crippen LogP contribution in [0.3, 0.4) is 0 Å². The van der Waals surface area contributed by atoms with Gasteiger partial charge in [-0.2, -0.15) is 0 Å². The van der Waals surface area contributed by atoms with Crippen molar-refractivity contribution >= 4 is 5.91 Å². The molecule has 1 aromatic heterocycles. The molecule has 1 saturated heterocycles. The molecule has 1 aliphatic carbocycles. The van der Waals surface area contributed by atoms with Crippen molar-refractivity contribution in [2.75, 3.05) is 6.61 Å². The summed E-state index contributed by atoms with van der Waals surface area (Å²) in [5.74, 6) is 1.40. The van der Waals surface area contributed by atoms with Crippen molar-refractivity contribution < 1.29 is 9.53 Å². The fourth-order valence-corrected chi connectivity index (χ4v) is 2.44. The molecule has 2 N–H and O–H groups in total. The van der Waals surface area contributed by atoms with E-state index in [4.69, 9.17) is 4.74 Å². The molecule has 0 spiro atoms. The van der Waals surface area contributed by atoms with Crippen molar-refractivity contribution in [2.24, 2.45) is 5.92 Å². The van der Waals surface area contributed by atoms with Crippen molar-refractivity contribution in [1.82, 2.24) is 20.5 Å². The minimum atomic E-state index is -0.202. The molecule has 2 heterocycles. The number of carbonyl (C=O) groups excluding carboxylic acids is 1. The lowest BCUT2D eigenvalue weighted by atomic mass is 10.1. The third-order valence-corrected chi connectivity index (χ3v) is 3.61. The molecule has 1 aliphatic heterocycles. The van der Waals surface area contributed by atoms with E-state index in [0.717, 1.165) is 25.3 Å². The highest BCUT2D eigenvalue weighted by Gasteiger charge is 2.41. The van der Waals surface area contributed by atoms with Gasteiger partial charge in [0.15, 0.2) is 0 Å². The van der Waals surface area contributed by atoms with Crippen molar-refractivity contribution in [2.45, 2.75) is 44.8 Å². The van der Waals surface area contributed by atoms with Crippen LogP contribution in [0.15, 0.2) is 0 Å². The molecule has 0 aromatic carbocycles. The molecule has 6 nitrogen and oxygen atoms in total. The molecule has 0 radical (unpaired) electrons. The summed E-state index contributed by atoms with van der Waals surface area (Å²) in [4.78, 5) is 16.1. The van der Waals surface area contributed by atoms with Gasteiger partial charge in [-0.1, -0.05) is 6.92 Å². The van der Waals surface area contributed by atoms with Gasteiger partial charge < -0.3 is 10.1 Å². The maximum absolute atomic E-state index is 12.0. The van der Waals surface area contributed by atoms with E-state index >= 15 is 0 Å². The Morgan fingerprint density at radius 3 is 3.00 bits per heavy atom. The summed E-state index contributed by atoms with van der Waals surface area (Å²) in [6.45, 7) is 2.70. The van der Waals surface area contributed by atoms with Crippen LogP contribution in [0.4, 0.5) is 0 Å². The normalized spacial score (nSPS) is 27.4. The number of rotatable bonds is 4. The first kappa shape index (κ1) is 11.6. The smallest absolute Gasteiger partial charge is 0.291 e. The van der Waals surface area contributed by atoms with Crippen molar-refractivity contribution in [1.29, 1.82) is 0 Å². The Labute approximate surface area is 106 Å². The summed E-state index contributed by atoms with van der Waals surface area (Å²) in [5, 5.41) is 9.67. The largest absolute Gasteiger partial charge is 0.376 e. The first-order chi connectivity index (χ1) is 8.78. The fraction of sp³-hybridized carbons (Fsp3) is 0.750. The number of amides is 1. The highest BCUT2D eigenvalue weighted by atomic mass is 16.5. The Morgan fingerprint density at radius 2 is 2.33 bits per heavy atom. The molecular weight excluding hydrogens is 232 g/mol. The molecule has 2 aliphatic rings. The van der Waals surface area contributed by atoms with E-state index in [2.05, 4.69) is 20.5 Å². The van der Waals surface area contributed by atoms with Crippen molar-refractivity contribution in [3.8, 4) is 0 Å². The van der Waals surface area contributed by atoms with Crippen LogP contribution in [0, 0.1) is 5.92 Å². The Kier molecular flexibility index (Phi) is 3.03. The number of aryl methyl sites for hydroxylation is 1. The number of aromatic amines is 1. The lowest BCUT2D eigenvalue weighted by Crippen LogP contribution is -2.41. The molecule has 3 rings (SSSR count). The van der Waals surface area contributed by atoms with E-state index < -0.39 is 0 Å².